The summed E-state index contributed by atoms with van der Waals surface area (Å²) in [6.07, 6.45) is 3.22. The molecule has 2 rings (SSSR count). The molecule has 18 heavy (non-hydrogen) atoms. The lowest BCUT2D eigenvalue weighted by Gasteiger charge is -2.02. The first-order valence-corrected chi connectivity index (χ1v) is 5.41. The molecule has 2 aromatic rings. The number of nitrogen functional groups attached to an aromatic ring is 1. The van der Waals surface area contributed by atoms with Gasteiger partial charge in [0.25, 0.3) is 0 Å². The van der Waals surface area contributed by atoms with Gasteiger partial charge in [-0.25, -0.2) is 0 Å². The number of aromatic nitrogens is 2. The Balaban J connectivity index is 2.37. The first-order valence-electron chi connectivity index (χ1n) is 5.41. The molecule has 0 aliphatic heterocycles. The van der Waals surface area contributed by atoms with E-state index in [1.807, 2.05) is 0 Å². The number of rotatable bonds is 1. The number of amides is 1. The van der Waals surface area contributed by atoms with E-state index >= 15 is 0 Å². The van der Waals surface area contributed by atoms with Crippen molar-refractivity contribution in [3.8, 4) is 11.8 Å². The Kier molecular flexibility index (Phi) is 3.39. The third-order valence-electron chi connectivity index (χ3n) is 2.31. The molecule has 0 bridgehead atoms. The summed E-state index contributed by atoms with van der Waals surface area (Å²) < 4.78 is 0. The molecule has 1 aromatic carbocycles. The second-order valence-corrected chi connectivity index (χ2v) is 3.67. The second-order valence-electron chi connectivity index (χ2n) is 3.67. The Bertz CT molecular complexity index is 655. The summed E-state index contributed by atoms with van der Waals surface area (Å²) in [7, 11) is 0. The van der Waals surface area contributed by atoms with Crippen LogP contribution in [0.25, 0.3) is 11.0 Å². The van der Waals surface area contributed by atoms with Gasteiger partial charge < -0.3 is 11.1 Å². The van der Waals surface area contributed by atoms with E-state index in [0.29, 0.717) is 16.8 Å². The van der Waals surface area contributed by atoms with Crippen molar-refractivity contribution in [1.82, 2.24) is 15.3 Å². The molecule has 0 aliphatic rings. The summed E-state index contributed by atoms with van der Waals surface area (Å²) >= 11 is 0. The summed E-state index contributed by atoms with van der Waals surface area (Å²) in [5.74, 6) is 5.64. The van der Waals surface area contributed by atoms with E-state index < -0.39 is 0 Å². The van der Waals surface area contributed by atoms with Crippen molar-refractivity contribution in [1.29, 1.82) is 0 Å². The Morgan fingerprint density at radius 1 is 1.39 bits per heavy atom. The molecule has 0 saturated heterocycles. The van der Waals surface area contributed by atoms with Crippen LogP contribution in [0.5, 0.6) is 0 Å². The summed E-state index contributed by atoms with van der Waals surface area (Å²) in [4.78, 5) is 19.1. The Labute approximate surface area is 104 Å². The number of nitrogens with zero attached hydrogens (tertiary/aromatic N) is 2. The Hall–Kier alpha value is -2.61. The SMILES string of the molecule is CC(=O)NCC#Cc1c(N)ccc2nccnc12. The van der Waals surface area contributed by atoms with Crippen molar-refractivity contribution in [3.63, 3.8) is 0 Å². The molecule has 3 N–H and O–H groups in total. The average Bonchev–Trinajstić information content (AvgIpc) is 2.36. The minimum Gasteiger partial charge on any atom is -0.398 e. The van der Waals surface area contributed by atoms with E-state index in [2.05, 4.69) is 27.1 Å². The quantitative estimate of drug-likeness (QED) is 0.568. The highest BCUT2D eigenvalue weighted by Gasteiger charge is 2.04. The second kappa shape index (κ2) is 5.15. The van der Waals surface area contributed by atoms with Gasteiger partial charge in [-0.15, -0.1) is 0 Å². The molecule has 5 nitrogen and oxygen atoms in total. The number of nitrogens with two attached hydrogens (primary N) is 1. The van der Waals surface area contributed by atoms with Gasteiger partial charge in [0, 0.05) is 25.0 Å². The average molecular weight is 240 g/mol. The van der Waals surface area contributed by atoms with Gasteiger partial charge in [0.1, 0.15) is 5.52 Å². The smallest absolute Gasteiger partial charge is 0.217 e. The molecule has 0 radical (unpaired) electrons. The lowest BCUT2D eigenvalue weighted by Crippen LogP contribution is -2.19. The zero-order valence-corrected chi connectivity index (χ0v) is 9.90. The van der Waals surface area contributed by atoms with E-state index in [9.17, 15) is 4.79 Å². The molecule has 1 heterocycles. The monoisotopic (exact) mass is 240 g/mol. The van der Waals surface area contributed by atoms with Crippen LogP contribution in [-0.4, -0.2) is 22.4 Å². The number of fused-ring (bicyclic) bond motifs is 1. The van der Waals surface area contributed by atoms with Gasteiger partial charge in [0.15, 0.2) is 0 Å². The molecule has 0 saturated carbocycles. The molecule has 1 amide bonds. The van der Waals surface area contributed by atoms with E-state index in [4.69, 9.17) is 5.73 Å². The molecule has 0 spiro atoms. The fourth-order valence-electron chi connectivity index (χ4n) is 1.48. The largest absolute Gasteiger partial charge is 0.398 e. The maximum Gasteiger partial charge on any atom is 0.217 e. The van der Waals surface area contributed by atoms with Crippen molar-refractivity contribution >= 4 is 22.6 Å². The van der Waals surface area contributed by atoms with Crippen LogP contribution in [0.1, 0.15) is 12.5 Å². The molecule has 90 valence electrons. The third kappa shape index (κ3) is 2.55. The van der Waals surface area contributed by atoms with Crippen molar-refractivity contribution in [2.45, 2.75) is 6.92 Å². The number of anilines is 1. The lowest BCUT2D eigenvalue weighted by molar-refractivity contribution is -0.118. The van der Waals surface area contributed by atoms with Crippen molar-refractivity contribution in [2.24, 2.45) is 0 Å². The highest BCUT2D eigenvalue weighted by molar-refractivity contribution is 5.86. The van der Waals surface area contributed by atoms with Crippen LogP contribution in [0.3, 0.4) is 0 Å². The zero-order chi connectivity index (χ0) is 13.0. The Morgan fingerprint density at radius 3 is 2.94 bits per heavy atom. The fraction of sp³-hybridized carbons (Fsp3) is 0.154. The van der Waals surface area contributed by atoms with Gasteiger partial charge in [-0.1, -0.05) is 11.8 Å². The predicted molar refractivity (Wildman–Crippen MR) is 69.5 cm³/mol. The van der Waals surface area contributed by atoms with Gasteiger partial charge >= 0.3 is 0 Å². The number of carbonyl (C=O) groups excluding carboxylic acids is 1. The molecule has 0 atom stereocenters. The van der Waals surface area contributed by atoms with Crippen molar-refractivity contribution in [3.05, 3.63) is 30.1 Å². The summed E-state index contributed by atoms with van der Waals surface area (Å²) in [6, 6.07) is 3.55. The molecule has 0 fully saturated rings. The maximum atomic E-state index is 10.7. The lowest BCUT2D eigenvalue weighted by atomic mass is 10.1. The standard InChI is InChI=1S/C13H12N4O/c1-9(18)15-6-2-3-10-11(14)4-5-12-13(10)17-8-7-16-12/h4-5,7-8H,6,14H2,1H3,(H,15,18). The molecule has 0 aliphatic carbocycles. The number of carbonyl (C=O) groups is 1. The maximum absolute atomic E-state index is 10.7. The highest BCUT2D eigenvalue weighted by Crippen LogP contribution is 2.19. The van der Waals surface area contributed by atoms with E-state index in [0.717, 1.165) is 5.52 Å². The molecular weight excluding hydrogens is 228 g/mol. The van der Waals surface area contributed by atoms with Gasteiger partial charge in [-0.2, -0.15) is 0 Å². The number of hydrogen-bond donors (Lipinski definition) is 2. The Morgan fingerprint density at radius 2 is 2.17 bits per heavy atom. The van der Waals surface area contributed by atoms with Gasteiger partial charge in [-0.3, -0.25) is 14.8 Å². The van der Waals surface area contributed by atoms with Gasteiger partial charge in [-0.05, 0) is 12.1 Å². The molecule has 0 unspecified atom stereocenters. The van der Waals surface area contributed by atoms with Crippen LogP contribution < -0.4 is 11.1 Å². The van der Waals surface area contributed by atoms with Crippen molar-refractivity contribution < 1.29 is 4.79 Å². The first kappa shape index (κ1) is 11.9. The van der Waals surface area contributed by atoms with E-state index in [-0.39, 0.29) is 12.5 Å². The van der Waals surface area contributed by atoms with E-state index in [1.54, 1.807) is 24.5 Å². The minimum atomic E-state index is -0.116. The van der Waals surface area contributed by atoms with Crippen LogP contribution in [0.2, 0.25) is 0 Å². The highest BCUT2D eigenvalue weighted by atomic mass is 16.1. The fourth-order valence-corrected chi connectivity index (χ4v) is 1.48. The summed E-state index contributed by atoms with van der Waals surface area (Å²) in [5.41, 5.74) is 8.49. The molecular formula is C13H12N4O. The van der Waals surface area contributed by atoms with Crippen LogP contribution >= 0.6 is 0 Å². The number of hydrogen-bond acceptors (Lipinski definition) is 4. The zero-order valence-electron chi connectivity index (χ0n) is 9.90. The van der Waals surface area contributed by atoms with Gasteiger partial charge in [0.05, 0.1) is 17.6 Å². The molecule has 1 aromatic heterocycles. The minimum absolute atomic E-state index is 0.116. The predicted octanol–water partition coefficient (Wildman–Crippen LogP) is 0.700. The van der Waals surface area contributed by atoms with E-state index in [1.165, 1.54) is 6.92 Å². The normalized spacial score (nSPS) is 9.61. The number of nitrogens with one attached hydrogen (secondary N) is 1. The number of benzene rings is 1. The van der Waals surface area contributed by atoms with Gasteiger partial charge in [0.2, 0.25) is 5.91 Å². The van der Waals surface area contributed by atoms with Crippen LogP contribution in [-0.2, 0) is 4.79 Å². The van der Waals surface area contributed by atoms with Crippen LogP contribution in [0.15, 0.2) is 24.5 Å². The summed E-state index contributed by atoms with van der Waals surface area (Å²) in [5, 5.41) is 2.59. The summed E-state index contributed by atoms with van der Waals surface area (Å²) in [6.45, 7) is 1.73. The van der Waals surface area contributed by atoms with Crippen molar-refractivity contribution in [2.75, 3.05) is 12.3 Å². The third-order valence-corrected chi connectivity index (χ3v) is 2.31. The van der Waals surface area contributed by atoms with Crippen LogP contribution in [0, 0.1) is 11.8 Å². The first-order chi connectivity index (χ1) is 8.68. The topological polar surface area (TPSA) is 80.9 Å². The van der Waals surface area contributed by atoms with Crippen LogP contribution in [0.4, 0.5) is 5.69 Å². The molecule has 5 heteroatoms.